The van der Waals surface area contributed by atoms with Gasteiger partial charge in [-0.25, -0.2) is 9.97 Å². The molecular formula is C11H13N3OS. The lowest BCUT2D eigenvalue weighted by Gasteiger charge is -1.95. The molecule has 1 saturated carbocycles. The molecule has 1 aliphatic rings. The van der Waals surface area contributed by atoms with E-state index < -0.39 is 0 Å². The van der Waals surface area contributed by atoms with Crippen LogP contribution < -0.4 is 5.32 Å². The largest absolute Gasteiger partial charge is 0.443 e. The minimum atomic E-state index is 0.622. The first-order valence-corrected chi connectivity index (χ1v) is 6.29. The van der Waals surface area contributed by atoms with Crippen molar-refractivity contribution in [1.82, 2.24) is 15.3 Å². The summed E-state index contributed by atoms with van der Waals surface area (Å²) in [5, 5.41) is 6.41. The number of hydrogen-bond acceptors (Lipinski definition) is 5. The maximum Gasteiger partial charge on any atom is 0.246 e. The fourth-order valence-corrected chi connectivity index (χ4v) is 2.09. The molecule has 0 saturated heterocycles. The zero-order valence-electron chi connectivity index (χ0n) is 9.06. The molecule has 5 heteroatoms. The van der Waals surface area contributed by atoms with Crippen molar-refractivity contribution in [2.24, 2.45) is 0 Å². The first-order valence-electron chi connectivity index (χ1n) is 5.41. The molecule has 3 rings (SSSR count). The van der Waals surface area contributed by atoms with Crippen molar-refractivity contribution in [3.8, 4) is 11.6 Å². The van der Waals surface area contributed by atoms with Gasteiger partial charge in [0.05, 0.1) is 10.7 Å². The fraction of sp³-hybridized carbons (Fsp3) is 0.455. The summed E-state index contributed by atoms with van der Waals surface area (Å²) in [7, 11) is 0. The number of oxazole rings is 1. The van der Waals surface area contributed by atoms with E-state index in [2.05, 4.69) is 15.3 Å². The summed E-state index contributed by atoms with van der Waals surface area (Å²) in [6.45, 7) is 2.77. The molecule has 0 spiro atoms. The van der Waals surface area contributed by atoms with Crippen LogP contribution in [0, 0.1) is 6.92 Å². The normalized spacial score (nSPS) is 15.6. The molecule has 4 nitrogen and oxygen atoms in total. The van der Waals surface area contributed by atoms with E-state index in [1.165, 1.54) is 12.8 Å². The summed E-state index contributed by atoms with van der Waals surface area (Å²) in [5.74, 6) is 0.622. The molecule has 1 N–H and O–H groups in total. The van der Waals surface area contributed by atoms with Crippen molar-refractivity contribution in [2.45, 2.75) is 32.4 Å². The van der Waals surface area contributed by atoms with Gasteiger partial charge in [-0.05, 0) is 19.8 Å². The third-order valence-electron chi connectivity index (χ3n) is 2.54. The Morgan fingerprint density at radius 3 is 3.06 bits per heavy atom. The van der Waals surface area contributed by atoms with Crippen LogP contribution in [0.4, 0.5) is 0 Å². The Labute approximate surface area is 97.7 Å². The summed E-state index contributed by atoms with van der Waals surface area (Å²) in [6, 6.07) is 0.696. The van der Waals surface area contributed by atoms with Crippen LogP contribution in [-0.4, -0.2) is 16.0 Å². The molecule has 1 aliphatic carbocycles. The van der Waals surface area contributed by atoms with Crippen LogP contribution in [0.15, 0.2) is 16.1 Å². The minimum absolute atomic E-state index is 0.622. The monoisotopic (exact) mass is 235 g/mol. The first-order chi connectivity index (χ1) is 7.81. The quantitative estimate of drug-likeness (QED) is 0.883. The zero-order chi connectivity index (χ0) is 11.0. The number of rotatable bonds is 4. The summed E-state index contributed by atoms with van der Waals surface area (Å²) < 4.78 is 5.41. The second-order valence-electron chi connectivity index (χ2n) is 4.05. The van der Waals surface area contributed by atoms with Crippen molar-refractivity contribution in [2.75, 3.05) is 0 Å². The van der Waals surface area contributed by atoms with E-state index in [1.54, 1.807) is 17.6 Å². The van der Waals surface area contributed by atoms with E-state index in [4.69, 9.17) is 4.42 Å². The lowest BCUT2D eigenvalue weighted by atomic mass is 10.4. The van der Waals surface area contributed by atoms with Gasteiger partial charge in [-0.15, -0.1) is 11.3 Å². The van der Waals surface area contributed by atoms with Gasteiger partial charge in [0, 0.05) is 18.0 Å². The molecule has 0 unspecified atom stereocenters. The Morgan fingerprint density at radius 1 is 1.50 bits per heavy atom. The molecule has 2 aromatic rings. The van der Waals surface area contributed by atoms with E-state index in [0.717, 1.165) is 22.9 Å². The smallest absolute Gasteiger partial charge is 0.246 e. The van der Waals surface area contributed by atoms with Crippen LogP contribution in [0.25, 0.3) is 11.6 Å². The highest BCUT2D eigenvalue weighted by Gasteiger charge is 2.20. The summed E-state index contributed by atoms with van der Waals surface area (Å²) >= 11 is 1.61. The summed E-state index contributed by atoms with van der Waals surface area (Å²) in [5.41, 5.74) is 1.78. The highest BCUT2D eigenvalue weighted by atomic mass is 32.1. The first kappa shape index (κ1) is 9.99. The molecule has 2 heterocycles. The molecule has 0 bridgehead atoms. The van der Waals surface area contributed by atoms with E-state index >= 15 is 0 Å². The van der Waals surface area contributed by atoms with Gasteiger partial charge in [0.2, 0.25) is 5.89 Å². The molecule has 0 radical (unpaired) electrons. The molecular weight excluding hydrogens is 222 g/mol. The van der Waals surface area contributed by atoms with E-state index in [-0.39, 0.29) is 0 Å². The lowest BCUT2D eigenvalue weighted by Crippen LogP contribution is -2.15. The second-order valence-corrected chi connectivity index (χ2v) is 5.11. The second kappa shape index (κ2) is 3.99. The number of aromatic nitrogens is 2. The average molecular weight is 235 g/mol. The third-order valence-corrected chi connectivity index (χ3v) is 3.31. The van der Waals surface area contributed by atoms with Crippen LogP contribution >= 0.6 is 11.3 Å². The zero-order valence-corrected chi connectivity index (χ0v) is 9.88. The highest BCUT2D eigenvalue weighted by molar-refractivity contribution is 7.09. The lowest BCUT2D eigenvalue weighted by molar-refractivity contribution is 0.568. The Bertz CT molecular complexity index is 487. The summed E-state index contributed by atoms with van der Waals surface area (Å²) in [4.78, 5) is 8.75. The molecule has 2 aromatic heterocycles. The van der Waals surface area contributed by atoms with Crippen LogP contribution in [-0.2, 0) is 6.54 Å². The van der Waals surface area contributed by atoms with Gasteiger partial charge in [0.1, 0.15) is 12.0 Å². The number of aryl methyl sites for hydroxylation is 1. The Hall–Kier alpha value is -1.20. The Morgan fingerprint density at radius 2 is 2.38 bits per heavy atom. The standard InChI is InChI=1S/C11H13N3OS/c1-7-13-10(6-16-7)11-14-9(5-15-11)4-12-8-2-3-8/h5-6,8,12H,2-4H2,1H3. The van der Waals surface area contributed by atoms with Crippen molar-refractivity contribution in [3.05, 3.63) is 22.3 Å². The van der Waals surface area contributed by atoms with Crippen LogP contribution in [0.2, 0.25) is 0 Å². The highest BCUT2D eigenvalue weighted by Crippen LogP contribution is 2.22. The maximum atomic E-state index is 5.41. The van der Waals surface area contributed by atoms with Crippen molar-refractivity contribution >= 4 is 11.3 Å². The van der Waals surface area contributed by atoms with Crippen molar-refractivity contribution in [3.63, 3.8) is 0 Å². The molecule has 1 fully saturated rings. The predicted octanol–water partition coefficient (Wildman–Crippen LogP) is 2.36. The SMILES string of the molecule is Cc1nc(-c2nc(CNC3CC3)co2)cs1. The molecule has 0 atom stereocenters. The number of nitrogens with zero attached hydrogens (tertiary/aromatic N) is 2. The summed E-state index contributed by atoms with van der Waals surface area (Å²) in [6.07, 6.45) is 4.28. The van der Waals surface area contributed by atoms with Gasteiger partial charge in [0.15, 0.2) is 0 Å². The van der Waals surface area contributed by atoms with Crippen LogP contribution in [0.1, 0.15) is 23.5 Å². The van der Waals surface area contributed by atoms with Gasteiger partial charge in [-0.2, -0.15) is 0 Å². The maximum absolute atomic E-state index is 5.41. The van der Waals surface area contributed by atoms with E-state index in [1.807, 2.05) is 12.3 Å². The molecule has 0 aliphatic heterocycles. The molecule has 0 aromatic carbocycles. The number of thiazole rings is 1. The van der Waals surface area contributed by atoms with Gasteiger partial charge in [-0.1, -0.05) is 0 Å². The topological polar surface area (TPSA) is 51.0 Å². The average Bonchev–Trinajstić information content (AvgIpc) is 2.81. The van der Waals surface area contributed by atoms with E-state index in [9.17, 15) is 0 Å². The van der Waals surface area contributed by atoms with Crippen LogP contribution in [0.5, 0.6) is 0 Å². The molecule has 84 valence electrons. The molecule has 16 heavy (non-hydrogen) atoms. The Balaban J connectivity index is 1.71. The van der Waals surface area contributed by atoms with Crippen molar-refractivity contribution < 1.29 is 4.42 Å². The fourth-order valence-electron chi connectivity index (χ4n) is 1.50. The molecule has 0 amide bonds. The number of nitrogens with one attached hydrogen (secondary N) is 1. The van der Waals surface area contributed by atoms with Gasteiger partial charge in [0.25, 0.3) is 0 Å². The van der Waals surface area contributed by atoms with Gasteiger partial charge < -0.3 is 9.73 Å². The van der Waals surface area contributed by atoms with E-state index in [0.29, 0.717) is 11.9 Å². The minimum Gasteiger partial charge on any atom is -0.443 e. The van der Waals surface area contributed by atoms with Gasteiger partial charge in [-0.3, -0.25) is 0 Å². The third kappa shape index (κ3) is 2.15. The predicted molar refractivity (Wildman–Crippen MR) is 62.2 cm³/mol. The number of hydrogen-bond donors (Lipinski definition) is 1. The Kier molecular flexibility index (Phi) is 2.49. The van der Waals surface area contributed by atoms with Crippen molar-refractivity contribution in [1.29, 1.82) is 0 Å². The van der Waals surface area contributed by atoms with Crippen LogP contribution in [0.3, 0.4) is 0 Å². The van der Waals surface area contributed by atoms with Gasteiger partial charge >= 0.3 is 0 Å².